The zero-order valence-electron chi connectivity index (χ0n) is 7.40. The highest BCUT2D eigenvalue weighted by Gasteiger charge is 2.34. The molecule has 0 aliphatic carbocycles. The molecule has 1 amide bonds. The fourth-order valence-electron chi connectivity index (χ4n) is 1.89. The molecule has 0 bridgehead atoms. The number of nitrogens with zero attached hydrogens (tertiary/aromatic N) is 1. The molecule has 1 atom stereocenters. The van der Waals surface area contributed by atoms with Crippen LogP contribution in [0.5, 0.6) is 0 Å². The Balaban J connectivity index is 1.68. The number of hydrogen-bond donors (Lipinski definition) is 2. The number of likely N-dealkylation sites (tertiary alicyclic amines) is 1. The third kappa shape index (κ3) is 1.92. The van der Waals surface area contributed by atoms with Gasteiger partial charge in [0.25, 0.3) is 0 Å². The number of hydrogen-bond acceptors (Lipinski definition) is 3. The highest BCUT2D eigenvalue weighted by molar-refractivity contribution is 5.65. The second-order valence-corrected chi connectivity index (χ2v) is 3.62. The first-order chi connectivity index (χ1) is 6.25. The van der Waals surface area contributed by atoms with Gasteiger partial charge in [-0.2, -0.15) is 0 Å². The summed E-state index contributed by atoms with van der Waals surface area (Å²) in [5.74, 6) is 0. The van der Waals surface area contributed by atoms with Crippen LogP contribution in [0.3, 0.4) is 0 Å². The van der Waals surface area contributed by atoms with E-state index in [2.05, 4.69) is 10.2 Å². The predicted octanol–water partition coefficient (Wildman–Crippen LogP) is -0.273. The van der Waals surface area contributed by atoms with Crippen molar-refractivity contribution in [1.29, 1.82) is 0 Å². The largest absolute Gasteiger partial charge is 0.465 e. The number of nitrogens with one attached hydrogen (secondary N) is 1. The fraction of sp³-hybridized carbons (Fsp3) is 0.875. The van der Waals surface area contributed by atoms with Crippen molar-refractivity contribution in [3.05, 3.63) is 0 Å². The van der Waals surface area contributed by atoms with Gasteiger partial charge in [-0.1, -0.05) is 0 Å². The maximum Gasteiger partial charge on any atom is 0.404 e. The Kier molecular flexibility index (Phi) is 2.37. The summed E-state index contributed by atoms with van der Waals surface area (Å²) in [4.78, 5) is 12.5. The molecule has 5 nitrogen and oxygen atoms in total. The van der Waals surface area contributed by atoms with E-state index in [1.165, 1.54) is 0 Å². The zero-order chi connectivity index (χ0) is 9.26. The molecule has 5 heteroatoms. The van der Waals surface area contributed by atoms with E-state index in [-0.39, 0.29) is 6.04 Å². The van der Waals surface area contributed by atoms with Crippen LogP contribution >= 0.6 is 0 Å². The first kappa shape index (κ1) is 8.77. The van der Waals surface area contributed by atoms with Crippen LogP contribution in [-0.4, -0.2) is 54.5 Å². The van der Waals surface area contributed by atoms with Gasteiger partial charge in [0.1, 0.15) is 0 Å². The molecular formula is C8H14N2O3. The van der Waals surface area contributed by atoms with Gasteiger partial charge in [0.05, 0.1) is 12.6 Å². The molecule has 0 spiro atoms. The van der Waals surface area contributed by atoms with Gasteiger partial charge in [-0.15, -0.1) is 0 Å². The minimum atomic E-state index is -0.924. The van der Waals surface area contributed by atoms with Gasteiger partial charge in [-0.3, -0.25) is 4.90 Å². The van der Waals surface area contributed by atoms with Gasteiger partial charge in [0.2, 0.25) is 0 Å². The Morgan fingerprint density at radius 2 is 2.31 bits per heavy atom. The van der Waals surface area contributed by atoms with Gasteiger partial charge in [-0.25, -0.2) is 4.79 Å². The summed E-state index contributed by atoms with van der Waals surface area (Å²) in [6.45, 7) is 3.32. The maximum atomic E-state index is 10.3. The number of carbonyl (C=O) groups is 1. The smallest absolute Gasteiger partial charge is 0.404 e. The van der Waals surface area contributed by atoms with E-state index < -0.39 is 6.09 Å². The van der Waals surface area contributed by atoms with Crippen LogP contribution in [0.15, 0.2) is 0 Å². The van der Waals surface area contributed by atoms with Crippen LogP contribution in [-0.2, 0) is 4.74 Å². The van der Waals surface area contributed by atoms with Gasteiger partial charge < -0.3 is 15.2 Å². The van der Waals surface area contributed by atoms with E-state index >= 15 is 0 Å². The second-order valence-electron chi connectivity index (χ2n) is 3.62. The summed E-state index contributed by atoms with van der Waals surface area (Å²) >= 11 is 0. The van der Waals surface area contributed by atoms with E-state index in [9.17, 15) is 4.79 Å². The summed E-state index contributed by atoms with van der Waals surface area (Å²) in [6, 6.07) is 0.643. The minimum Gasteiger partial charge on any atom is -0.465 e. The Hall–Kier alpha value is -0.810. The molecule has 74 valence electrons. The van der Waals surface area contributed by atoms with Gasteiger partial charge in [-0.05, 0) is 6.42 Å². The molecule has 0 saturated carbocycles. The lowest BCUT2D eigenvalue weighted by molar-refractivity contribution is 0.0646. The molecule has 0 aromatic rings. The average Bonchev–Trinajstić information content (AvgIpc) is 2.46. The monoisotopic (exact) mass is 186 g/mol. The van der Waals surface area contributed by atoms with E-state index in [1.807, 2.05) is 0 Å². The molecule has 2 aliphatic heterocycles. The first-order valence-electron chi connectivity index (χ1n) is 4.57. The van der Waals surface area contributed by atoms with Crippen LogP contribution in [0.2, 0.25) is 0 Å². The van der Waals surface area contributed by atoms with Crippen LogP contribution < -0.4 is 5.32 Å². The summed E-state index contributed by atoms with van der Waals surface area (Å²) in [5.41, 5.74) is 0. The Bertz CT molecular complexity index is 198. The van der Waals surface area contributed by atoms with Gasteiger partial charge >= 0.3 is 6.09 Å². The minimum absolute atomic E-state index is 0.123. The van der Waals surface area contributed by atoms with Gasteiger partial charge in [0, 0.05) is 25.7 Å². The Morgan fingerprint density at radius 1 is 1.54 bits per heavy atom. The normalized spacial score (nSPS) is 30.0. The lowest BCUT2D eigenvalue weighted by Gasteiger charge is -2.42. The molecule has 2 saturated heterocycles. The number of amides is 1. The van der Waals surface area contributed by atoms with Crippen LogP contribution in [0.25, 0.3) is 0 Å². The molecule has 2 heterocycles. The standard InChI is InChI=1S/C8H14N2O3/c11-8(12)9-6-3-10(4-6)7-1-2-13-5-7/h6-7,9H,1-5H2,(H,11,12)/t7-/m0/s1. The van der Waals surface area contributed by atoms with Crippen LogP contribution in [0, 0.1) is 0 Å². The van der Waals surface area contributed by atoms with Crippen molar-refractivity contribution < 1.29 is 14.6 Å². The second kappa shape index (κ2) is 3.51. The molecule has 2 N–H and O–H groups in total. The molecule has 0 unspecified atom stereocenters. The van der Waals surface area contributed by atoms with Crippen molar-refractivity contribution in [2.75, 3.05) is 26.3 Å². The SMILES string of the molecule is O=C(O)NC1CN([C@H]2CCOC2)C1. The fourth-order valence-corrected chi connectivity index (χ4v) is 1.89. The molecule has 2 rings (SSSR count). The van der Waals surface area contributed by atoms with E-state index in [0.717, 1.165) is 32.7 Å². The number of carboxylic acid groups (broad SMARTS) is 1. The molecule has 2 aliphatic rings. The molecule has 0 aromatic carbocycles. The number of ether oxygens (including phenoxy) is 1. The lowest BCUT2D eigenvalue weighted by atomic mass is 10.1. The Labute approximate surface area is 76.7 Å². The first-order valence-corrected chi connectivity index (χ1v) is 4.57. The van der Waals surface area contributed by atoms with Crippen LogP contribution in [0.4, 0.5) is 4.79 Å². The molecule has 0 aromatic heterocycles. The summed E-state index contributed by atoms with van der Waals surface area (Å²) in [5, 5.41) is 10.9. The summed E-state index contributed by atoms with van der Waals surface area (Å²) in [7, 11) is 0. The van der Waals surface area contributed by atoms with Crippen molar-refractivity contribution in [1.82, 2.24) is 10.2 Å². The van der Waals surface area contributed by atoms with Crippen molar-refractivity contribution in [2.24, 2.45) is 0 Å². The molecule has 13 heavy (non-hydrogen) atoms. The van der Waals surface area contributed by atoms with Crippen molar-refractivity contribution in [3.8, 4) is 0 Å². The van der Waals surface area contributed by atoms with Crippen molar-refractivity contribution in [3.63, 3.8) is 0 Å². The quantitative estimate of drug-likeness (QED) is 0.623. The number of rotatable bonds is 2. The highest BCUT2D eigenvalue weighted by Crippen LogP contribution is 2.18. The Morgan fingerprint density at radius 3 is 2.85 bits per heavy atom. The third-order valence-corrected chi connectivity index (χ3v) is 2.66. The third-order valence-electron chi connectivity index (χ3n) is 2.66. The van der Waals surface area contributed by atoms with E-state index in [1.54, 1.807) is 0 Å². The van der Waals surface area contributed by atoms with Gasteiger partial charge in [0.15, 0.2) is 0 Å². The average molecular weight is 186 g/mol. The molecule has 2 fully saturated rings. The van der Waals surface area contributed by atoms with Crippen molar-refractivity contribution in [2.45, 2.75) is 18.5 Å². The predicted molar refractivity (Wildman–Crippen MR) is 45.7 cm³/mol. The maximum absolute atomic E-state index is 10.3. The highest BCUT2D eigenvalue weighted by atomic mass is 16.5. The van der Waals surface area contributed by atoms with Crippen molar-refractivity contribution >= 4 is 6.09 Å². The summed E-state index contributed by atoms with van der Waals surface area (Å²) in [6.07, 6.45) is 0.159. The zero-order valence-corrected chi connectivity index (χ0v) is 7.40. The topological polar surface area (TPSA) is 61.8 Å². The van der Waals surface area contributed by atoms with E-state index in [0.29, 0.717) is 6.04 Å². The molecule has 0 radical (unpaired) electrons. The molecular weight excluding hydrogens is 172 g/mol. The summed E-state index contributed by atoms with van der Waals surface area (Å²) < 4.78 is 5.25. The van der Waals surface area contributed by atoms with Crippen LogP contribution in [0.1, 0.15) is 6.42 Å². The van der Waals surface area contributed by atoms with E-state index in [4.69, 9.17) is 9.84 Å². The lowest BCUT2D eigenvalue weighted by Crippen LogP contribution is -2.62.